The van der Waals surface area contributed by atoms with Crippen molar-refractivity contribution in [2.75, 3.05) is 11.9 Å². The number of aliphatic hydroxyl groups is 1. The van der Waals surface area contributed by atoms with Crippen molar-refractivity contribution in [3.63, 3.8) is 0 Å². The van der Waals surface area contributed by atoms with E-state index < -0.39 is 20.0 Å². The molecule has 2 aromatic rings. The van der Waals surface area contributed by atoms with Gasteiger partial charge in [-0.1, -0.05) is 0 Å². The van der Waals surface area contributed by atoms with Crippen LogP contribution >= 0.6 is 8.38 Å². The number of nitrogens with two attached hydrogens (primary N) is 1. The average molecular weight is 331 g/mol. The van der Waals surface area contributed by atoms with Crippen LogP contribution in [0.5, 0.6) is 0 Å². The zero-order valence-corrected chi connectivity index (χ0v) is 16.7. The monoisotopic (exact) mass is 331 g/mol. The molecular weight excluding hydrogens is 319 g/mol. The third-order valence-corrected chi connectivity index (χ3v) is 3.28. The molecule has 9 nitrogen and oxygen atoms in total. The SMILES string of the molecule is Nc1nc2c(ncn2CCC(O)CP([O-])[O-])c(=O)[nH]1.[Na+].[Na+]. The first kappa shape index (κ1) is 21.5. The predicted octanol–water partition coefficient (Wildman–Crippen LogP) is -8.51. The van der Waals surface area contributed by atoms with Crippen molar-refractivity contribution in [1.82, 2.24) is 19.5 Å². The van der Waals surface area contributed by atoms with Crippen LogP contribution < -0.4 is 80.2 Å². The Hall–Kier alpha value is 0.460. The minimum Gasteiger partial charge on any atom is -0.841 e. The Bertz CT molecular complexity index is 634. The maximum Gasteiger partial charge on any atom is 1.00 e. The van der Waals surface area contributed by atoms with Crippen molar-refractivity contribution in [2.45, 2.75) is 19.1 Å². The number of fused-ring (bicyclic) bond motifs is 1. The van der Waals surface area contributed by atoms with E-state index in [0.717, 1.165) is 0 Å². The fourth-order valence-corrected chi connectivity index (χ4v) is 2.21. The second-order valence-electron chi connectivity index (χ2n) is 4.02. The first-order chi connectivity index (χ1) is 8.97. The van der Waals surface area contributed by atoms with E-state index in [-0.39, 0.29) is 89.7 Å². The Morgan fingerprint density at radius 1 is 1.48 bits per heavy atom. The molecule has 0 bridgehead atoms. The Morgan fingerprint density at radius 2 is 2.14 bits per heavy atom. The summed E-state index contributed by atoms with van der Waals surface area (Å²) in [5.74, 6) is -0.0255. The average Bonchev–Trinajstić information content (AvgIpc) is 2.68. The number of aryl methyl sites for hydroxylation is 1. The van der Waals surface area contributed by atoms with Crippen molar-refractivity contribution in [3.05, 3.63) is 16.7 Å². The van der Waals surface area contributed by atoms with E-state index in [4.69, 9.17) is 5.73 Å². The molecule has 1 atom stereocenters. The Labute approximate surface area is 165 Å². The number of rotatable bonds is 5. The zero-order chi connectivity index (χ0) is 14.0. The number of nitrogen functional groups attached to an aromatic ring is 1. The van der Waals surface area contributed by atoms with Gasteiger partial charge in [0.2, 0.25) is 5.95 Å². The third-order valence-electron chi connectivity index (χ3n) is 2.56. The molecule has 0 aliphatic carbocycles. The molecule has 2 aromatic heterocycles. The molecule has 0 amide bonds. The smallest absolute Gasteiger partial charge is 0.841 e. The number of hydrogen-bond donors (Lipinski definition) is 3. The Balaban J connectivity index is 0.00000200. The number of nitrogens with zero attached hydrogens (tertiary/aromatic N) is 3. The number of H-pyrrole nitrogens is 1. The molecule has 2 rings (SSSR count). The Kier molecular flexibility index (Phi) is 9.78. The van der Waals surface area contributed by atoms with Gasteiger partial charge in [-0.05, 0) is 12.6 Å². The van der Waals surface area contributed by atoms with Crippen molar-refractivity contribution in [2.24, 2.45) is 0 Å². The van der Waals surface area contributed by atoms with Gasteiger partial charge in [-0.15, -0.1) is 0 Å². The van der Waals surface area contributed by atoms with E-state index in [2.05, 4.69) is 15.0 Å². The number of anilines is 1. The summed E-state index contributed by atoms with van der Waals surface area (Å²) in [6.45, 7) is 0.288. The summed E-state index contributed by atoms with van der Waals surface area (Å²) in [6.07, 6.45) is 0.357. The molecule has 0 radical (unpaired) electrons. The van der Waals surface area contributed by atoms with Crippen LogP contribution in [0.2, 0.25) is 0 Å². The maximum atomic E-state index is 11.5. The van der Waals surface area contributed by atoms with Gasteiger partial charge in [-0.2, -0.15) is 4.98 Å². The largest absolute Gasteiger partial charge is 1.00 e. The minimum absolute atomic E-state index is 0. The summed E-state index contributed by atoms with van der Waals surface area (Å²) in [5.41, 5.74) is 5.45. The molecule has 2 heterocycles. The normalized spacial score (nSPS) is 12.0. The zero-order valence-electron chi connectivity index (χ0n) is 11.8. The second kappa shape index (κ2) is 9.57. The van der Waals surface area contributed by atoms with Crippen LogP contribution in [0, 0.1) is 0 Å². The summed E-state index contributed by atoms with van der Waals surface area (Å²) >= 11 is 0. The van der Waals surface area contributed by atoms with Gasteiger partial charge in [-0.3, -0.25) is 9.78 Å². The molecule has 0 spiro atoms. The number of nitrogens with one attached hydrogen (secondary N) is 1. The molecule has 0 fully saturated rings. The van der Waals surface area contributed by atoms with Crippen molar-refractivity contribution >= 4 is 25.5 Å². The van der Waals surface area contributed by atoms with E-state index in [9.17, 15) is 19.7 Å². The molecule has 0 aromatic carbocycles. The topological polar surface area (TPSA) is 156 Å². The van der Waals surface area contributed by atoms with Crippen LogP contribution in [-0.2, 0) is 6.54 Å². The predicted molar refractivity (Wildman–Crippen MR) is 65.0 cm³/mol. The molecule has 0 aliphatic heterocycles. The first-order valence-corrected chi connectivity index (χ1v) is 6.84. The van der Waals surface area contributed by atoms with E-state index in [0.29, 0.717) is 5.65 Å². The van der Waals surface area contributed by atoms with Gasteiger partial charge in [0.1, 0.15) is 0 Å². The maximum absolute atomic E-state index is 11.5. The number of aromatic amines is 1. The fourth-order valence-electron chi connectivity index (χ4n) is 1.69. The van der Waals surface area contributed by atoms with Gasteiger partial charge in [0, 0.05) is 6.54 Å². The molecule has 4 N–H and O–H groups in total. The molecule has 1 unspecified atom stereocenters. The van der Waals surface area contributed by atoms with E-state index >= 15 is 0 Å². The second-order valence-corrected chi connectivity index (χ2v) is 5.05. The van der Waals surface area contributed by atoms with Gasteiger partial charge in [0.15, 0.2) is 11.2 Å². The van der Waals surface area contributed by atoms with Crippen LogP contribution in [-0.4, -0.2) is 36.9 Å². The van der Waals surface area contributed by atoms with Crippen LogP contribution in [0.3, 0.4) is 0 Å². The summed E-state index contributed by atoms with van der Waals surface area (Å²) in [5, 5.41) is 9.47. The number of imidazole rings is 1. The molecule has 104 valence electrons. The summed E-state index contributed by atoms with van der Waals surface area (Å²) in [6, 6.07) is 0. The molecule has 21 heavy (non-hydrogen) atoms. The van der Waals surface area contributed by atoms with Gasteiger partial charge >= 0.3 is 59.1 Å². The summed E-state index contributed by atoms with van der Waals surface area (Å²) in [7, 11) is -2.62. The summed E-state index contributed by atoms with van der Waals surface area (Å²) in [4.78, 5) is 42.6. The number of aromatic nitrogens is 4. The van der Waals surface area contributed by atoms with Crippen LogP contribution in [0.1, 0.15) is 6.42 Å². The van der Waals surface area contributed by atoms with Gasteiger partial charge in [-0.25, -0.2) is 4.98 Å². The quantitative estimate of drug-likeness (QED) is 0.363. The minimum atomic E-state index is -2.62. The van der Waals surface area contributed by atoms with Gasteiger partial charge in [0.05, 0.1) is 12.4 Å². The van der Waals surface area contributed by atoms with Gasteiger partial charge in [0.25, 0.3) is 5.56 Å². The summed E-state index contributed by atoms with van der Waals surface area (Å²) < 4.78 is 1.54. The molecule has 0 aliphatic rings. The Morgan fingerprint density at radius 3 is 2.76 bits per heavy atom. The van der Waals surface area contributed by atoms with Crippen LogP contribution in [0.4, 0.5) is 5.95 Å². The van der Waals surface area contributed by atoms with E-state index in [1.807, 2.05) is 0 Å². The molecule has 0 saturated carbocycles. The third kappa shape index (κ3) is 5.87. The molecule has 12 heteroatoms. The van der Waals surface area contributed by atoms with Crippen molar-refractivity contribution < 1.29 is 74.0 Å². The van der Waals surface area contributed by atoms with Crippen molar-refractivity contribution in [3.8, 4) is 0 Å². The first-order valence-electron chi connectivity index (χ1n) is 5.48. The fraction of sp³-hybridized carbons (Fsp3) is 0.444. The van der Waals surface area contributed by atoms with Crippen LogP contribution in [0.15, 0.2) is 11.1 Å². The number of aliphatic hydroxyl groups excluding tert-OH is 1. The number of hydrogen-bond acceptors (Lipinski definition) is 7. The van der Waals surface area contributed by atoms with Crippen LogP contribution in [0.25, 0.3) is 11.2 Å². The van der Waals surface area contributed by atoms with Crippen molar-refractivity contribution in [1.29, 1.82) is 0 Å². The molecule has 0 saturated heterocycles. The molecular formula is C9H12N5Na2O4P. The van der Waals surface area contributed by atoms with E-state index in [1.165, 1.54) is 6.33 Å². The van der Waals surface area contributed by atoms with Gasteiger partial charge < -0.3 is 33.6 Å². The van der Waals surface area contributed by atoms with E-state index in [1.54, 1.807) is 4.57 Å². The standard InChI is InChI=1S/C9H12N5O4P.2Na/c10-9-12-7-6(8(16)13-9)11-4-14(7)2-1-5(15)3-19(17)18;;/h4-5,15H,1-3H2,(H3,10,12,13,16);;/q-2;2*+1.